The molecule has 1 amide bonds. The van der Waals surface area contributed by atoms with Crippen LogP contribution in [-0.4, -0.2) is 28.5 Å². The number of carbonyl (C=O) groups excluding carboxylic acids is 1. The van der Waals surface area contributed by atoms with Crippen molar-refractivity contribution < 1.29 is 9.18 Å². The molecule has 27 heavy (non-hydrogen) atoms. The molecule has 0 unspecified atom stereocenters. The minimum absolute atomic E-state index is 0.00656. The minimum Gasteiger partial charge on any atom is -0.355 e. The van der Waals surface area contributed by atoms with Gasteiger partial charge >= 0.3 is 0 Å². The molecule has 2 aromatic heterocycles. The van der Waals surface area contributed by atoms with E-state index in [-0.39, 0.29) is 17.6 Å². The van der Waals surface area contributed by atoms with Crippen molar-refractivity contribution in [1.29, 1.82) is 0 Å². The van der Waals surface area contributed by atoms with Gasteiger partial charge in [-0.3, -0.25) is 4.79 Å². The Labute approximate surface area is 157 Å². The van der Waals surface area contributed by atoms with Gasteiger partial charge in [-0.1, -0.05) is 0 Å². The zero-order valence-corrected chi connectivity index (χ0v) is 14.9. The smallest absolute Gasteiger partial charge is 0.227 e. The Balaban J connectivity index is 1.41. The third-order valence-electron chi connectivity index (χ3n) is 4.93. The molecule has 138 valence electrons. The molecule has 0 saturated carbocycles. The summed E-state index contributed by atoms with van der Waals surface area (Å²) in [5.41, 5.74) is 1.67. The molecule has 5 nitrogen and oxygen atoms in total. The summed E-state index contributed by atoms with van der Waals surface area (Å²) in [5, 5.41) is 2.88. The Morgan fingerprint density at radius 1 is 1.04 bits per heavy atom. The first-order chi connectivity index (χ1) is 13.2. The van der Waals surface area contributed by atoms with Crippen LogP contribution in [0.15, 0.2) is 67.1 Å². The van der Waals surface area contributed by atoms with Gasteiger partial charge in [0.05, 0.1) is 5.69 Å². The van der Waals surface area contributed by atoms with Gasteiger partial charge in [0, 0.05) is 43.3 Å². The highest BCUT2D eigenvalue weighted by Crippen LogP contribution is 2.27. The van der Waals surface area contributed by atoms with Crippen molar-refractivity contribution in [3.05, 3.63) is 72.9 Å². The third-order valence-corrected chi connectivity index (χ3v) is 4.93. The lowest BCUT2D eigenvalue weighted by Gasteiger charge is -2.33. The van der Waals surface area contributed by atoms with E-state index in [1.165, 1.54) is 12.1 Å². The highest BCUT2D eigenvalue weighted by Gasteiger charge is 2.26. The van der Waals surface area contributed by atoms with E-state index in [4.69, 9.17) is 0 Å². The Kier molecular flexibility index (Phi) is 4.87. The number of halogens is 1. The first-order valence-corrected chi connectivity index (χ1v) is 9.10. The van der Waals surface area contributed by atoms with E-state index in [0.717, 1.165) is 37.4 Å². The fourth-order valence-electron chi connectivity index (χ4n) is 3.46. The molecule has 1 aromatic carbocycles. The fourth-order valence-corrected chi connectivity index (χ4v) is 3.46. The summed E-state index contributed by atoms with van der Waals surface area (Å²) in [4.78, 5) is 19.3. The lowest BCUT2D eigenvalue weighted by atomic mass is 9.95. The van der Waals surface area contributed by atoms with Gasteiger partial charge in [-0.15, -0.1) is 0 Å². The number of aromatic nitrogens is 2. The molecule has 3 aromatic rings. The molecule has 0 aliphatic carbocycles. The maximum atomic E-state index is 13.0. The van der Waals surface area contributed by atoms with Gasteiger partial charge in [0.1, 0.15) is 5.82 Å². The number of amides is 1. The average molecular weight is 364 g/mol. The van der Waals surface area contributed by atoms with Crippen LogP contribution < -0.4 is 10.2 Å². The molecule has 1 aliphatic rings. The number of piperidine rings is 1. The van der Waals surface area contributed by atoms with Crippen LogP contribution in [0.4, 0.5) is 15.9 Å². The molecular formula is C21H21FN4O. The number of nitrogens with one attached hydrogen (secondary N) is 1. The normalized spacial score (nSPS) is 14.9. The lowest BCUT2D eigenvalue weighted by molar-refractivity contribution is -0.120. The van der Waals surface area contributed by atoms with E-state index >= 15 is 0 Å². The predicted molar refractivity (Wildman–Crippen MR) is 104 cm³/mol. The standard InChI is InChI=1S/C21H21FN4O/c22-17-5-7-18(8-6-17)24-21(27)16-9-14-26(15-10-16)20-19(4-3-11-23-20)25-12-1-2-13-25/h1-8,11-13,16H,9-10,14-15H2,(H,24,27). The lowest BCUT2D eigenvalue weighted by Crippen LogP contribution is -2.39. The van der Waals surface area contributed by atoms with Crippen molar-refractivity contribution in [3.63, 3.8) is 0 Å². The highest BCUT2D eigenvalue weighted by molar-refractivity contribution is 5.92. The Morgan fingerprint density at radius 3 is 2.44 bits per heavy atom. The number of nitrogens with zero attached hydrogens (tertiary/aromatic N) is 3. The first-order valence-electron chi connectivity index (χ1n) is 9.10. The van der Waals surface area contributed by atoms with Crippen LogP contribution in [0.5, 0.6) is 0 Å². The largest absolute Gasteiger partial charge is 0.355 e. The summed E-state index contributed by atoms with van der Waals surface area (Å²) < 4.78 is 15.0. The minimum atomic E-state index is -0.310. The molecule has 1 N–H and O–H groups in total. The molecule has 0 radical (unpaired) electrons. The SMILES string of the molecule is O=C(Nc1ccc(F)cc1)C1CCN(c2ncccc2-n2cccc2)CC1. The average Bonchev–Trinajstić information content (AvgIpc) is 3.24. The number of benzene rings is 1. The van der Waals surface area contributed by atoms with E-state index in [2.05, 4.69) is 25.8 Å². The molecule has 1 saturated heterocycles. The van der Waals surface area contributed by atoms with Crippen LogP contribution in [0.3, 0.4) is 0 Å². The maximum absolute atomic E-state index is 13.0. The van der Waals surface area contributed by atoms with E-state index in [0.29, 0.717) is 5.69 Å². The number of hydrogen-bond acceptors (Lipinski definition) is 3. The summed E-state index contributed by atoms with van der Waals surface area (Å²) in [6, 6.07) is 13.8. The van der Waals surface area contributed by atoms with Gasteiger partial charge in [-0.2, -0.15) is 0 Å². The summed E-state index contributed by atoms with van der Waals surface area (Å²) in [7, 11) is 0. The second-order valence-electron chi connectivity index (χ2n) is 6.69. The molecular weight excluding hydrogens is 343 g/mol. The molecule has 0 atom stereocenters. The van der Waals surface area contributed by atoms with Crippen molar-refractivity contribution in [2.24, 2.45) is 5.92 Å². The number of hydrogen-bond donors (Lipinski definition) is 1. The second kappa shape index (κ2) is 7.61. The van der Waals surface area contributed by atoms with Crippen molar-refractivity contribution in [2.75, 3.05) is 23.3 Å². The van der Waals surface area contributed by atoms with Crippen LogP contribution in [0.2, 0.25) is 0 Å². The van der Waals surface area contributed by atoms with Crippen molar-refractivity contribution >= 4 is 17.4 Å². The summed E-state index contributed by atoms with van der Waals surface area (Å²) in [6.45, 7) is 1.54. The summed E-state index contributed by atoms with van der Waals surface area (Å²) in [5.74, 6) is 0.569. The van der Waals surface area contributed by atoms with E-state index in [1.54, 1.807) is 18.3 Å². The molecule has 4 rings (SSSR count). The zero-order chi connectivity index (χ0) is 18.6. The Morgan fingerprint density at radius 2 is 1.74 bits per heavy atom. The van der Waals surface area contributed by atoms with Crippen LogP contribution >= 0.6 is 0 Å². The first kappa shape index (κ1) is 17.3. The topological polar surface area (TPSA) is 50.2 Å². The van der Waals surface area contributed by atoms with Crippen LogP contribution in [-0.2, 0) is 4.79 Å². The van der Waals surface area contributed by atoms with Gasteiger partial charge in [0.15, 0.2) is 5.82 Å². The van der Waals surface area contributed by atoms with E-state index in [9.17, 15) is 9.18 Å². The van der Waals surface area contributed by atoms with E-state index < -0.39 is 0 Å². The van der Waals surface area contributed by atoms with Gasteiger partial charge in [0.2, 0.25) is 5.91 Å². The zero-order valence-electron chi connectivity index (χ0n) is 14.9. The molecule has 3 heterocycles. The van der Waals surface area contributed by atoms with Crippen molar-refractivity contribution in [2.45, 2.75) is 12.8 Å². The summed E-state index contributed by atoms with van der Waals surface area (Å²) >= 11 is 0. The van der Waals surface area contributed by atoms with Gasteiger partial charge in [0.25, 0.3) is 0 Å². The molecule has 1 aliphatic heterocycles. The van der Waals surface area contributed by atoms with Crippen LogP contribution in [0.1, 0.15) is 12.8 Å². The highest BCUT2D eigenvalue weighted by atomic mass is 19.1. The monoisotopic (exact) mass is 364 g/mol. The van der Waals surface area contributed by atoms with Crippen LogP contribution in [0.25, 0.3) is 5.69 Å². The molecule has 6 heteroatoms. The molecule has 0 spiro atoms. The fraction of sp³-hybridized carbons (Fsp3) is 0.238. The second-order valence-corrected chi connectivity index (χ2v) is 6.69. The number of rotatable bonds is 4. The van der Waals surface area contributed by atoms with Crippen molar-refractivity contribution in [1.82, 2.24) is 9.55 Å². The molecule has 1 fully saturated rings. The van der Waals surface area contributed by atoms with Crippen molar-refractivity contribution in [3.8, 4) is 5.69 Å². The maximum Gasteiger partial charge on any atom is 0.227 e. The number of carbonyl (C=O) groups is 1. The van der Waals surface area contributed by atoms with Gasteiger partial charge in [-0.05, 0) is 61.4 Å². The van der Waals surface area contributed by atoms with Crippen LogP contribution in [0, 0.1) is 11.7 Å². The number of pyridine rings is 1. The number of anilines is 2. The Bertz CT molecular complexity index is 900. The van der Waals surface area contributed by atoms with Gasteiger partial charge in [-0.25, -0.2) is 9.37 Å². The van der Waals surface area contributed by atoms with E-state index in [1.807, 2.05) is 30.6 Å². The quantitative estimate of drug-likeness (QED) is 0.765. The molecule has 0 bridgehead atoms. The Hall–Kier alpha value is -3.15. The predicted octanol–water partition coefficient (Wildman–Crippen LogP) is 3.87. The van der Waals surface area contributed by atoms with Gasteiger partial charge < -0.3 is 14.8 Å². The third kappa shape index (κ3) is 3.84. The summed E-state index contributed by atoms with van der Waals surface area (Å²) in [6.07, 6.45) is 7.33.